The molecule has 1 aliphatic heterocycles. The van der Waals surface area contributed by atoms with Crippen LogP contribution in [0, 0.1) is 11.6 Å². The van der Waals surface area contributed by atoms with Crippen molar-refractivity contribution in [2.45, 2.75) is 39.2 Å². The Hall–Kier alpha value is -4.08. The fourth-order valence-corrected chi connectivity index (χ4v) is 3.97. The first kappa shape index (κ1) is 25.0. The van der Waals surface area contributed by atoms with Gasteiger partial charge in [0, 0.05) is 36.6 Å². The number of carbonyl (C=O) groups excluding carboxylic acids is 1. The van der Waals surface area contributed by atoms with E-state index in [1.54, 1.807) is 18.3 Å². The van der Waals surface area contributed by atoms with E-state index < -0.39 is 28.8 Å². The number of nitrogens with zero attached hydrogens (tertiary/aromatic N) is 4. The summed E-state index contributed by atoms with van der Waals surface area (Å²) >= 11 is 0. The van der Waals surface area contributed by atoms with Crippen LogP contribution in [0.15, 0.2) is 52.3 Å². The second-order valence-corrected chi connectivity index (χ2v) is 9.58. The summed E-state index contributed by atoms with van der Waals surface area (Å²) in [6.45, 7) is 7.50. The maximum absolute atomic E-state index is 14.3. The van der Waals surface area contributed by atoms with Crippen LogP contribution in [0.1, 0.15) is 49.7 Å². The first-order chi connectivity index (χ1) is 17.0. The summed E-state index contributed by atoms with van der Waals surface area (Å²) in [6, 6.07) is 8.83. The van der Waals surface area contributed by atoms with Gasteiger partial charge in [0.05, 0.1) is 16.9 Å². The van der Waals surface area contributed by atoms with E-state index >= 15 is 0 Å². The van der Waals surface area contributed by atoms with Crippen molar-refractivity contribution in [2.24, 2.45) is 4.99 Å². The molecule has 1 aromatic heterocycles. The normalized spacial score (nSPS) is 14.0. The lowest BCUT2D eigenvalue weighted by atomic mass is 10.1. The lowest BCUT2D eigenvalue weighted by molar-refractivity contribution is 0.102. The Bertz CT molecular complexity index is 1370. The van der Waals surface area contributed by atoms with Crippen LogP contribution in [0.2, 0.25) is 0 Å². The van der Waals surface area contributed by atoms with Gasteiger partial charge in [0.2, 0.25) is 0 Å². The number of nitrogens with two attached hydrogens (primary N) is 1. The Balaban J connectivity index is 1.75. The lowest BCUT2D eigenvalue weighted by Gasteiger charge is -2.25. The molecule has 2 heterocycles. The number of hydrogen-bond donors (Lipinski definition) is 2. The van der Waals surface area contributed by atoms with Gasteiger partial charge in [-0.25, -0.2) is 8.78 Å². The van der Waals surface area contributed by atoms with Crippen LogP contribution in [-0.4, -0.2) is 40.5 Å². The molecule has 1 saturated heterocycles. The quantitative estimate of drug-likeness (QED) is 0.409. The van der Waals surface area contributed by atoms with Crippen molar-refractivity contribution in [2.75, 3.05) is 29.0 Å². The van der Waals surface area contributed by atoms with Gasteiger partial charge in [0.15, 0.2) is 11.6 Å². The number of anilines is 3. The summed E-state index contributed by atoms with van der Waals surface area (Å²) in [5.41, 5.74) is 6.80. The maximum atomic E-state index is 14.3. The molecular formula is C26H28F2N6O2. The van der Waals surface area contributed by atoms with Crippen molar-refractivity contribution < 1.29 is 13.6 Å². The third kappa shape index (κ3) is 5.27. The number of nitrogens with one attached hydrogen (secondary N) is 1. The molecule has 2 aromatic carbocycles. The first-order valence-corrected chi connectivity index (χ1v) is 11.6. The average Bonchev–Trinajstić information content (AvgIpc) is 3.34. The van der Waals surface area contributed by atoms with Crippen molar-refractivity contribution in [3.63, 3.8) is 0 Å². The average molecular weight is 495 g/mol. The minimum Gasteiger partial charge on any atom is -0.398 e. The van der Waals surface area contributed by atoms with Crippen molar-refractivity contribution in [1.29, 1.82) is 0 Å². The second kappa shape index (κ2) is 9.88. The molecule has 0 saturated carbocycles. The molecule has 188 valence electrons. The van der Waals surface area contributed by atoms with Crippen LogP contribution in [0.5, 0.6) is 0 Å². The molecule has 0 bridgehead atoms. The summed E-state index contributed by atoms with van der Waals surface area (Å²) in [6.07, 6.45) is 3.72. The SMILES string of the molecule is CC(C)(C)N=Cc1c(N)ccc(NC(=O)c2ccc(=O)n(-c3c(F)cccc3F)n2)c1N1CCCC1. The summed E-state index contributed by atoms with van der Waals surface area (Å²) in [4.78, 5) is 32.3. The van der Waals surface area contributed by atoms with Gasteiger partial charge >= 0.3 is 0 Å². The minimum absolute atomic E-state index is 0.189. The molecule has 1 fully saturated rings. The molecule has 1 amide bonds. The highest BCUT2D eigenvalue weighted by molar-refractivity contribution is 6.08. The van der Waals surface area contributed by atoms with E-state index in [-0.39, 0.29) is 11.2 Å². The molecule has 0 spiro atoms. The highest BCUT2D eigenvalue weighted by Crippen LogP contribution is 2.36. The molecule has 4 rings (SSSR count). The molecular weight excluding hydrogens is 466 g/mol. The van der Waals surface area contributed by atoms with Gasteiger partial charge in [0.1, 0.15) is 11.4 Å². The number of halogens is 2. The number of benzene rings is 2. The predicted octanol–water partition coefficient (Wildman–Crippen LogP) is 4.16. The number of amides is 1. The Labute approximate surface area is 207 Å². The third-order valence-corrected chi connectivity index (χ3v) is 5.68. The monoisotopic (exact) mass is 494 g/mol. The summed E-state index contributed by atoms with van der Waals surface area (Å²) in [5.74, 6) is -2.59. The standard InChI is InChI=1S/C26H28F2N6O2/c1-26(2,3)30-15-16-19(29)9-10-20(23(16)33-13-4-5-14-33)31-25(36)21-11-12-22(35)34(32-21)24-17(27)7-6-8-18(24)28/h6-12,15H,4-5,13-14,29H2,1-3H3,(H,31,36). The number of aromatic nitrogens is 2. The number of nitrogen functional groups attached to an aromatic ring is 1. The van der Waals surface area contributed by atoms with Crippen LogP contribution in [-0.2, 0) is 0 Å². The summed E-state index contributed by atoms with van der Waals surface area (Å²) in [5, 5.41) is 6.78. The van der Waals surface area contributed by atoms with E-state index in [1.165, 1.54) is 12.1 Å². The topological polar surface area (TPSA) is 106 Å². The Morgan fingerprint density at radius 2 is 1.72 bits per heavy atom. The van der Waals surface area contributed by atoms with Crippen molar-refractivity contribution in [1.82, 2.24) is 9.78 Å². The van der Waals surface area contributed by atoms with Gasteiger partial charge in [-0.1, -0.05) is 6.07 Å². The Morgan fingerprint density at radius 3 is 2.36 bits per heavy atom. The van der Waals surface area contributed by atoms with Gasteiger partial charge in [-0.05, 0) is 63.9 Å². The lowest BCUT2D eigenvalue weighted by Crippen LogP contribution is -2.27. The molecule has 36 heavy (non-hydrogen) atoms. The predicted molar refractivity (Wildman–Crippen MR) is 137 cm³/mol. The number of hydrogen-bond acceptors (Lipinski definition) is 6. The zero-order valence-electron chi connectivity index (χ0n) is 20.4. The van der Waals surface area contributed by atoms with Crippen LogP contribution in [0.25, 0.3) is 5.69 Å². The summed E-state index contributed by atoms with van der Waals surface area (Å²) < 4.78 is 29.1. The number of aliphatic imine (C=N–C) groups is 1. The van der Waals surface area contributed by atoms with Gasteiger partial charge in [-0.2, -0.15) is 9.78 Å². The Morgan fingerprint density at radius 1 is 1.06 bits per heavy atom. The zero-order valence-corrected chi connectivity index (χ0v) is 20.4. The van der Waals surface area contributed by atoms with Gasteiger partial charge < -0.3 is 16.0 Å². The first-order valence-electron chi connectivity index (χ1n) is 11.6. The van der Waals surface area contributed by atoms with E-state index in [2.05, 4.69) is 20.3 Å². The van der Waals surface area contributed by atoms with Crippen molar-refractivity contribution in [3.05, 3.63) is 75.7 Å². The molecule has 0 unspecified atom stereocenters. The van der Waals surface area contributed by atoms with E-state index in [0.717, 1.165) is 49.8 Å². The molecule has 0 radical (unpaired) electrons. The van der Waals surface area contributed by atoms with Crippen LogP contribution < -0.4 is 21.5 Å². The number of carbonyl (C=O) groups is 1. The minimum atomic E-state index is -0.972. The van der Waals surface area contributed by atoms with Crippen molar-refractivity contribution >= 4 is 29.2 Å². The Kier molecular flexibility index (Phi) is 6.87. The van der Waals surface area contributed by atoms with Gasteiger partial charge in [-0.15, -0.1) is 0 Å². The molecule has 3 aromatic rings. The largest absolute Gasteiger partial charge is 0.398 e. The molecule has 8 nitrogen and oxygen atoms in total. The van der Waals surface area contributed by atoms with E-state index in [4.69, 9.17) is 5.73 Å². The fraction of sp³-hybridized carbons (Fsp3) is 0.308. The zero-order chi connectivity index (χ0) is 26.0. The van der Waals surface area contributed by atoms with Gasteiger partial charge in [-0.3, -0.25) is 14.6 Å². The van der Waals surface area contributed by atoms with Gasteiger partial charge in [0.25, 0.3) is 11.5 Å². The van der Waals surface area contributed by atoms with Crippen LogP contribution in [0.3, 0.4) is 0 Å². The second-order valence-electron chi connectivity index (χ2n) is 9.58. The molecule has 10 heteroatoms. The highest BCUT2D eigenvalue weighted by atomic mass is 19.1. The van der Waals surface area contributed by atoms with Crippen molar-refractivity contribution in [3.8, 4) is 5.69 Å². The number of para-hydroxylation sites is 1. The molecule has 0 aliphatic carbocycles. The molecule has 0 atom stereocenters. The van der Waals surface area contributed by atoms with E-state index in [0.29, 0.717) is 21.6 Å². The smallest absolute Gasteiger partial charge is 0.276 e. The third-order valence-electron chi connectivity index (χ3n) is 5.68. The molecule has 3 N–H and O–H groups in total. The number of rotatable bonds is 5. The van der Waals surface area contributed by atoms with E-state index in [9.17, 15) is 18.4 Å². The van der Waals surface area contributed by atoms with Crippen LogP contribution >= 0.6 is 0 Å². The maximum Gasteiger partial charge on any atom is 0.276 e. The highest BCUT2D eigenvalue weighted by Gasteiger charge is 2.23. The summed E-state index contributed by atoms with van der Waals surface area (Å²) in [7, 11) is 0. The van der Waals surface area contributed by atoms with Crippen LogP contribution in [0.4, 0.5) is 25.8 Å². The van der Waals surface area contributed by atoms with E-state index in [1.807, 2.05) is 20.8 Å². The molecule has 1 aliphatic rings. The fourth-order valence-electron chi connectivity index (χ4n) is 3.97.